The lowest BCUT2D eigenvalue weighted by Crippen LogP contribution is -2.54. The molecule has 0 atom stereocenters. The first-order chi connectivity index (χ1) is 15.5. The summed E-state index contributed by atoms with van der Waals surface area (Å²) < 4.78 is 7.16. The van der Waals surface area contributed by atoms with Crippen molar-refractivity contribution in [3.05, 3.63) is 42.2 Å². The minimum atomic E-state index is -0.292. The van der Waals surface area contributed by atoms with Crippen molar-refractivity contribution >= 4 is 17.9 Å². The van der Waals surface area contributed by atoms with Gasteiger partial charge in [0.05, 0.1) is 13.2 Å². The number of carbonyl (C=O) groups excluding carboxylic acids is 2. The van der Waals surface area contributed by atoms with Gasteiger partial charge < -0.3 is 19.4 Å². The molecule has 0 unspecified atom stereocenters. The highest BCUT2D eigenvalue weighted by Gasteiger charge is 2.27. The molecule has 1 aromatic heterocycles. The zero-order valence-electron chi connectivity index (χ0n) is 18.9. The van der Waals surface area contributed by atoms with Gasteiger partial charge in [-0.15, -0.1) is 0 Å². The van der Waals surface area contributed by atoms with Crippen molar-refractivity contribution in [2.24, 2.45) is 0 Å². The van der Waals surface area contributed by atoms with Gasteiger partial charge in [0, 0.05) is 70.4 Å². The Hall–Kier alpha value is -3.07. The van der Waals surface area contributed by atoms with Gasteiger partial charge in [-0.05, 0) is 26.0 Å². The third kappa shape index (κ3) is 5.04. The summed E-state index contributed by atoms with van der Waals surface area (Å²) in [6.07, 6.45) is 3.53. The molecule has 0 bridgehead atoms. The van der Waals surface area contributed by atoms with Crippen molar-refractivity contribution in [1.82, 2.24) is 24.3 Å². The van der Waals surface area contributed by atoms with E-state index in [-0.39, 0.29) is 12.0 Å². The van der Waals surface area contributed by atoms with Crippen molar-refractivity contribution < 1.29 is 14.3 Å². The Morgan fingerprint density at radius 3 is 2.25 bits per heavy atom. The number of hydrogen-bond acceptors (Lipinski definition) is 6. The van der Waals surface area contributed by atoms with Gasteiger partial charge in [0.25, 0.3) is 0 Å². The van der Waals surface area contributed by atoms with Crippen LogP contribution in [0.1, 0.15) is 12.5 Å². The van der Waals surface area contributed by atoms with Gasteiger partial charge in [-0.25, -0.2) is 9.78 Å². The maximum atomic E-state index is 12.8. The van der Waals surface area contributed by atoms with Gasteiger partial charge in [0.2, 0.25) is 11.9 Å². The average Bonchev–Trinajstić information content (AvgIpc) is 3.30. The van der Waals surface area contributed by atoms with Crippen LogP contribution in [0.25, 0.3) is 5.69 Å². The lowest BCUT2D eigenvalue weighted by molar-refractivity contribution is -0.134. The summed E-state index contributed by atoms with van der Waals surface area (Å²) in [5.74, 6) is 1.07. The molecule has 4 rings (SSSR count). The molecular weight excluding hydrogens is 408 g/mol. The number of amides is 2. The van der Waals surface area contributed by atoms with Gasteiger partial charge in [-0.2, -0.15) is 0 Å². The summed E-state index contributed by atoms with van der Waals surface area (Å²) in [7, 11) is 0. The van der Waals surface area contributed by atoms with Crippen LogP contribution in [0.15, 0.2) is 36.7 Å². The minimum absolute atomic E-state index is 0.128. The molecule has 0 N–H and O–H groups in total. The fourth-order valence-corrected chi connectivity index (χ4v) is 4.19. The van der Waals surface area contributed by atoms with Gasteiger partial charge >= 0.3 is 6.09 Å². The molecule has 0 spiro atoms. The standard InChI is InChI=1S/C23H32N6O3/c1-3-32-23(31)28-16-14-26(15-17-28)21(30)18-25-10-12-27(13-11-25)22-24-8-9-29(22)20-6-4-19(2)5-7-20/h4-9H,3,10-18H2,1-2H3. The Morgan fingerprint density at radius 1 is 0.938 bits per heavy atom. The largest absolute Gasteiger partial charge is 0.450 e. The van der Waals surface area contributed by atoms with Crippen LogP contribution >= 0.6 is 0 Å². The SMILES string of the molecule is CCOC(=O)N1CCN(C(=O)CN2CCN(c3nccn3-c3ccc(C)cc3)CC2)CC1. The molecule has 2 aromatic rings. The number of imidazole rings is 1. The molecule has 2 aliphatic heterocycles. The molecule has 2 fully saturated rings. The van der Waals surface area contributed by atoms with E-state index in [1.54, 1.807) is 11.8 Å². The molecule has 1 aromatic carbocycles. The van der Waals surface area contributed by atoms with Gasteiger partial charge in [-0.3, -0.25) is 14.3 Å². The van der Waals surface area contributed by atoms with Crippen LogP contribution in [0.3, 0.4) is 0 Å². The Bertz CT molecular complexity index is 912. The van der Waals surface area contributed by atoms with E-state index in [2.05, 4.69) is 50.5 Å². The average molecular weight is 441 g/mol. The summed E-state index contributed by atoms with van der Waals surface area (Å²) in [5.41, 5.74) is 2.33. The van der Waals surface area contributed by atoms with Crippen LogP contribution in [0, 0.1) is 6.92 Å². The maximum Gasteiger partial charge on any atom is 0.409 e. The Balaban J connectivity index is 1.26. The molecule has 9 nitrogen and oxygen atoms in total. The predicted molar refractivity (Wildman–Crippen MR) is 122 cm³/mol. The quantitative estimate of drug-likeness (QED) is 0.703. The Kier molecular flexibility index (Phi) is 6.94. The van der Waals surface area contributed by atoms with Crippen LogP contribution in [0.5, 0.6) is 0 Å². The third-order valence-corrected chi connectivity index (χ3v) is 6.11. The third-order valence-electron chi connectivity index (χ3n) is 6.11. The zero-order chi connectivity index (χ0) is 22.5. The van der Waals surface area contributed by atoms with E-state index < -0.39 is 0 Å². The molecule has 2 amide bonds. The van der Waals surface area contributed by atoms with Gasteiger partial charge in [0.1, 0.15) is 0 Å². The van der Waals surface area contributed by atoms with Crippen LogP contribution in [-0.2, 0) is 9.53 Å². The first-order valence-corrected chi connectivity index (χ1v) is 11.3. The predicted octanol–water partition coefficient (Wildman–Crippen LogP) is 1.60. The highest BCUT2D eigenvalue weighted by Crippen LogP contribution is 2.20. The summed E-state index contributed by atoms with van der Waals surface area (Å²) in [6, 6.07) is 8.43. The van der Waals surface area contributed by atoms with E-state index in [0.717, 1.165) is 37.8 Å². The lowest BCUT2D eigenvalue weighted by atomic mass is 10.2. The fourth-order valence-electron chi connectivity index (χ4n) is 4.19. The Labute approximate surface area is 189 Å². The highest BCUT2D eigenvalue weighted by atomic mass is 16.6. The number of benzene rings is 1. The lowest BCUT2D eigenvalue weighted by Gasteiger charge is -2.38. The van der Waals surface area contributed by atoms with Crippen LogP contribution in [-0.4, -0.2) is 102 Å². The molecule has 32 heavy (non-hydrogen) atoms. The van der Waals surface area contributed by atoms with E-state index in [1.165, 1.54) is 5.56 Å². The second kappa shape index (κ2) is 10.0. The number of piperazine rings is 2. The molecule has 0 radical (unpaired) electrons. The topological polar surface area (TPSA) is 74.2 Å². The summed E-state index contributed by atoms with van der Waals surface area (Å²) in [6.45, 7) is 10.1. The van der Waals surface area contributed by atoms with E-state index in [1.807, 2.05) is 17.3 Å². The van der Waals surface area contributed by atoms with Crippen molar-refractivity contribution in [2.45, 2.75) is 13.8 Å². The van der Waals surface area contributed by atoms with Crippen molar-refractivity contribution in [3.63, 3.8) is 0 Å². The van der Waals surface area contributed by atoms with Gasteiger partial charge in [0.15, 0.2) is 0 Å². The number of aryl methyl sites for hydroxylation is 1. The molecular formula is C23H32N6O3. The second-order valence-electron chi connectivity index (χ2n) is 8.26. The number of carbonyl (C=O) groups is 2. The van der Waals surface area contributed by atoms with Crippen molar-refractivity contribution in [3.8, 4) is 5.69 Å². The molecule has 9 heteroatoms. The van der Waals surface area contributed by atoms with E-state index in [0.29, 0.717) is 39.3 Å². The second-order valence-corrected chi connectivity index (χ2v) is 8.26. The van der Waals surface area contributed by atoms with Crippen LogP contribution < -0.4 is 4.90 Å². The Morgan fingerprint density at radius 2 is 1.59 bits per heavy atom. The van der Waals surface area contributed by atoms with Gasteiger partial charge in [-0.1, -0.05) is 17.7 Å². The monoisotopic (exact) mass is 440 g/mol. The van der Waals surface area contributed by atoms with E-state index in [9.17, 15) is 9.59 Å². The molecule has 0 saturated carbocycles. The summed E-state index contributed by atoms with van der Waals surface area (Å²) in [5, 5.41) is 0. The number of hydrogen-bond donors (Lipinski definition) is 0. The molecule has 2 aliphatic rings. The maximum absolute atomic E-state index is 12.8. The molecule has 172 valence electrons. The smallest absolute Gasteiger partial charge is 0.409 e. The molecule has 3 heterocycles. The van der Waals surface area contributed by atoms with Crippen molar-refractivity contribution in [1.29, 1.82) is 0 Å². The summed E-state index contributed by atoms with van der Waals surface area (Å²) >= 11 is 0. The minimum Gasteiger partial charge on any atom is -0.450 e. The number of anilines is 1. The number of ether oxygens (including phenoxy) is 1. The fraction of sp³-hybridized carbons (Fsp3) is 0.522. The first kappa shape index (κ1) is 22.1. The molecule has 0 aliphatic carbocycles. The van der Waals surface area contributed by atoms with Crippen LogP contribution in [0.2, 0.25) is 0 Å². The van der Waals surface area contributed by atoms with E-state index in [4.69, 9.17) is 4.74 Å². The number of nitrogens with zero attached hydrogens (tertiary/aromatic N) is 6. The van der Waals surface area contributed by atoms with E-state index >= 15 is 0 Å². The zero-order valence-corrected chi connectivity index (χ0v) is 18.9. The van der Waals surface area contributed by atoms with Crippen LogP contribution in [0.4, 0.5) is 10.7 Å². The number of rotatable bonds is 5. The number of aromatic nitrogens is 2. The first-order valence-electron chi connectivity index (χ1n) is 11.3. The highest BCUT2D eigenvalue weighted by molar-refractivity contribution is 5.78. The molecule has 2 saturated heterocycles. The summed E-state index contributed by atoms with van der Waals surface area (Å²) in [4.78, 5) is 37.2. The van der Waals surface area contributed by atoms with Crippen molar-refractivity contribution in [2.75, 3.05) is 70.4 Å². The normalized spacial score (nSPS) is 17.5.